The van der Waals surface area contributed by atoms with Gasteiger partial charge in [0.2, 0.25) is 5.91 Å². The van der Waals surface area contributed by atoms with E-state index in [1.807, 2.05) is 13.2 Å². The predicted octanol–water partition coefficient (Wildman–Crippen LogP) is 0.436. The molecule has 0 rings (SSSR count). The highest BCUT2D eigenvalue weighted by atomic mass is 32.2. The van der Waals surface area contributed by atoms with E-state index < -0.39 is 18.1 Å². The van der Waals surface area contributed by atoms with Gasteiger partial charge >= 0.3 is 5.97 Å². The van der Waals surface area contributed by atoms with Gasteiger partial charge in [-0.15, -0.1) is 0 Å². The van der Waals surface area contributed by atoms with Crippen LogP contribution in [0.2, 0.25) is 0 Å². The van der Waals surface area contributed by atoms with E-state index in [-0.39, 0.29) is 5.91 Å². The maximum atomic E-state index is 11.5. The summed E-state index contributed by atoms with van der Waals surface area (Å²) in [5.41, 5.74) is 5.59. The Morgan fingerprint density at radius 3 is 2.50 bits per heavy atom. The molecule has 6 heteroatoms. The fourth-order valence-electron chi connectivity index (χ4n) is 1.21. The standard InChI is InChI=1S/C10H20N2O3S/c1-3-4-7(11)9(13)12-8(10(14)15)5-6-16-2/h7-8H,3-6,11H2,1-2H3,(H,12,13)(H,14,15)/t7?,8-/m0/s1. The first kappa shape index (κ1) is 15.2. The molecule has 2 atom stereocenters. The van der Waals surface area contributed by atoms with Crippen molar-refractivity contribution in [3.05, 3.63) is 0 Å². The minimum Gasteiger partial charge on any atom is -0.480 e. The quantitative estimate of drug-likeness (QED) is 0.579. The fourth-order valence-corrected chi connectivity index (χ4v) is 1.69. The second kappa shape index (κ2) is 8.41. The lowest BCUT2D eigenvalue weighted by Gasteiger charge is -2.17. The van der Waals surface area contributed by atoms with E-state index >= 15 is 0 Å². The highest BCUT2D eigenvalue weighted by Gasteiger charge is 2.22. The molecular formula is C10H20N2O3S. The summed E-state index contributed by atoms with van der Waals surface area (Å²) in [4.78, 5) is 22.4. The Kier molecular flexibility index (Phi) is 8.01. The van der Waals surface area contributed by atoms with E-state index in [1.54, 1.807) is 11.8 Å². The van der Waals surface area contributed by atoms with Crippen LogP contribution in [-0.2, 0) is 9.59 Å². The number of carboxylic acid groups (broad SMARTS) is 1. The van der Waals surface area contributed by atoms with Gasteiger partial charge in [-0.1, -0.05) is 13.3 Å². The topological polar surface area (TPSA) is 92.4 Å². The Morgan fingerprint density at radius 1 is 1.44 bits per heavy atom. The molecule has 0 aromatic heterocycles. The first-order valence-corrected chi connectivity index (χ1v) is 6.70. The molecule has 5 nitrogen and oxygen atoms in total. The molecule has 0 aromatic carbocycles. The second-order valence-electron chi connectivity index (χ2n) is 3.58. The average molecular weight is 248 g/mol. The Bertz CT molecular complexity index is 236. The van der Waals surface area contributed by atoms with Crippen LogP contribution in [0.1, 0.15) is 26.2 Å². The van der Waals surface area contributed by atoms with Crippen LogP contribution in [0.25, 0.3) is 0 Å². The van der Waals surface area contributed by atoms with Crippen LogP contribution in [0, 0.1) is 0 Å². The third-order valence-electron chi connectivity index (χ3n) is 2.16. The van der Waals surface area contributed by atoms with Crippen LogP contribution in [0.5, 0.6) is 0 Å². The number of hydrogen-bond donors (Lipinski definition) is 3. The van der Waals surface area contributed by atoms with Crippen LogP contribution in [-0.4, -0.2) is 41.1 Å². The lowest BCUT2D eigenvalue weighted by molar-refractivity contribution is -0.142. The van der Waals surface area contributed by atoms with E-state index in [0.29, 0.717) is 18.6 Å². The number of thioether (sulfide) groups is 1. The smallest absolute Gasteiger partial charge is 0.326 e. The highest BCUT2D eigenvalue weighted by Crippen LogP contribution is 2.02. The minimum absolute atomic E-state index is 0.379. The number of nitrogens with two attached hydrogens (primary N) is 1. The molecule has 0 aliphatic rings. The van der Waals surface area contributed by atoms with E-state index in [1.165, 1.54) is 0 Å². The Morgan fingerprint density at radius 2 is 2.06 bits per heavy atom. The minimum atomic E-state index is -1.01. The van der Waals surface area contributed by atoms with Gasteiger partial charge in [-0.25, -0.2) is 4.79 Å². The lowest BCUT2D eigenvalue weighted by atomic mass is 10.1. The highest BCUT2D eigenvalue weighted by molar-refractivity contribution is 7.98. The van der Waals surface area contributed by atoms with Gasteiger partial charge in [0, 0.05) is 0 Å². The molecule has 0 aliphatic heterocycles. The number of rotatable bonds is 8. The molecule has 0 aromatic rings. The van der Waals surface area contributed by atoms with Crippen molar-refractivity contribution in [3.63, 3.8) is 0 Å². The number of hydrogen-bond acceptors (Lipinski definition) is 4. The molecular weight excluding hydrogens is 228 g/mol. The summed E-state index contributed by atoms with van der Waals surface area (Å²) >= 11 is 1.55. The molecule has 0 aliphatic carbocycles. The largest absolute Gasteiger partial charge is 0.480 e. The molecule has 0 radical (unpaired) electrons. The number of nitrogens with one attached hydrogen (secondary N) is 1. The van der Waals surface area contributed by atoms with Crippen molar-refractivity contribution >= 4 is 23.6 Å². The first-order chi connectivity index (χ1) is 7.52. The Balaban J connectivity index is 4.17. The van der Waals surface area contributed by atoms with Gasteiger partial charge < -0.3 is 16.2 Å². The van der Waals surface area contributed by atoms with Gasteiger partial charge in [-0.05, 0) is 24.9 Å². The van der Waals surface area contributed by atoms with E-state index in [0.717, 1.165) is 6.42 Å². The zero-order chi connectivity index (χ0) is 12.6. The van der Waals surface area contributed by atoms with Crippen molar-refractivity contribution in [2.45, 2.75) is 38.3 Å². The number of amides is 1. The fraction of sp³-hybridized carbons (Fsp3) is 0.800. The molecule has 0 fully saturated rings. The van der Waals surface area contributed by atoms with E-state index in [2.05, 4.69) is 5.32 Å². The molecule has 0 spiro atoms. The van der Waals surface area contributed by atoms with Crippen LogP contribution in [0.3, 0.4) is 0 Å². The molecule has 94 valence electrons. The summed E-state index contributed by atoms with van der Waals surface area (Å²) in [6.07, 6.45) is 3.68. The molecule has 1 amide bonds. The molecule has 0 saturated heterocycles. The number of carboxylic acids is 1. The maximum Gasteiger partial charge on any atom is 0.326 e. The van der Waals surface area contributed by atoms with E-state index in [4.69, 9.17) is 10.8 Å². The number of carbonyl (C=O) groups excluding carboxylic acids is 1. The predicted molar refractivity (Wildman–Crippen MR) is 65.4 cm³/mol. The maximum absolute atomic E-state index is 11.5. The summed E-state index contributed by atoms with van der Waals surface area (Å²) in [6, 6.07) is -1.44. The molecule has 0 saturated carbocycles. The zero-order valence-corrected chi connectivity index (χ0v) is 10.5. The van der Waals surface area contributed by atoms with Crippen molar-refractivity contribution in [1.29, 1.82) is 0 Å². The summed E-state index contributed by atoms with van der Waals surface area (Å²) in [6.45, 7) is 1.93. The lowest BCUT2D eigenvalue weighted by Crippen LogP contribution is -2.48. The van der Waals surface area contributed by atoms with Gasteiger partial charge in [0.25, 0.3) is 0 Å². The SMILES string of the molecule is CCCC(N)C(=O)N[C@@H](CCSC)C(=O)O. The summed E-state index contributed by atoms with van der Waals surface area (Å²) in [5, 5.41) is 11.4. The second-order valence-corrected chi connectivity index (χ2v) is 4.56. The van der Waals surface area contributed by atoms with Crippen molar-refractivity contribution in [1.82, 2.24) is 5.32 Å². The Labute approximate surface area is 100 Å². The Hall–Kier alpha value is -0.750. The van der Waals surface area contributed by atoms with Crippen molar-refractivity contribution < 1.29 is 14.7 Å². The molecule has 0 heterocycles. The summed E-state index contributed by atoms with van der Waals surface area (Å²) in [7, 11) is 0. The van der Waals surface area contributed by atoms with Crippen LogP contribution < -0.4 is 11.1 Å². The first-order valence-electron chi connectivity index (χ1n) is 5.30. The zero-order valence-electron chi connectivity index (χ0n) is 9.73. The van der Waals surface area contributed by atoms with Crippen molar-refractivity contribution in [3.8, 4) is 0 Å². The van der Waals surface area contributed by atoms with Crippen LogP contribution in [0.4, 0.5) is 0 Å². The van der Waals surface area contributed by atoms with Crippen molar-refractivity contribution in [2.24, 2.45) is 5.73 Å². The molecule has 16 heavy (non-hydrogen) atoms. The van der Waals surface area contributed by atoms with Crippen LogP contribution in [0.15, 0.2) is 0 Å². The number of aliphatic carboxylic acids is 1. The van der Waals surface area contributed by atoms with Gasteiger partial charge in [-0.2, -0.15) is 11.8 Å². The summed E-state index contributed by atoms with van der Waals surface area (Å²) < 4.78 is 0. The van der Waals surface area contributed by atoms with Crippen molar-refractivity contribution in [2.75, 3.05) is 12.0 Å². The normalized spacial score (nSPS) is 14.2. The molecule has 1 unspecified atom stereocenters. The van der Waals surface area contributed by atoms with Crippen LogP contribution >= 0.6 is 11.8 Å². The monoisotopic (exact) mass is 248 g/mol. The number of carbonyl (C=O) groups is 2. The third-order valence-corrected chi connectivity index (χ3v) is 2.81. The summed E-state index contributed by atoms with van der Waals surface area (Å²) in [5.74, 6) is -0.693. The van der Waals surface area contributed by atoms with Gasteiger partial charge in [0.05, 0.1) is 6.04 Å². The molecule has 0 bridgehead atoms. The average Bonchev–Trinajstić information content (AvgIpc) is 2.23. The molecule has 4 N–H and O–H groups in total. The van der Waals surface area contributed by atoms with Gasteiger partial charge in [0.1, 0.15) is 6.04 Å². The third kappa shape index (κ3) is 5.97. The van der Waals surface area contributed by atoms with Gasteiger partial charge in [-0.3, -0.25) is 4.79 Å². The van der Waals surface area contributed by atoms with E-state index in [9.17, 15) is 9.59 Å². The van der Waals surface area contributed by atoms with Gasteiger partial charge in [0.15, 0.2) is 0 Å².